The largest absolute Gasteiger partial charge is 0.329 e. The summed E-state index contributed by atoms with van der Waals surface area (Å²) in [6.07, 6.45) is 12.8. The van der Waals surface area contributed by atoms with Crippen molar-refractivity contribution in [3.05, 3.63) is 93.8 Å². The van der Waals surface area contributed by atoms with Gasteiger partial charge in [-0.3, -0.25) is 28.9 Å². The van der Waals surface area contributed by atoms with Crippen molar-refractivity contribution in [1.29, 1.82) is 0 Å². The van der Waals surface area contributed by atoms with Gasteiger partial charge in [-0.1, -0.05) is 51.7 Å². The van der Waals surface area contributed by atoms with Crippen LogP contribution in [0.5, 0.6) is 0 Å². The predicted octanol–water partition coefficient (Wildman–Crippen LogP) is 6.88. The van der Waals surface area contributed by atoms with E-state index in [1.54, 1.807) is 11.0 Å². The fourth-order valence-corrected chi connectivity index (χ4v) is 8.92. The molecule has 268 valence electrons. The highest BCUT2D eigenvalue weighted by Crippen LogP contribution is 2.41. The van der Waals surface area contributed by atoms with Gasteiger partial charge in [0.2, 0.25) is 11.8 Å². The Balaban J connectivity index is 0.000000159. The second-order valence-corrected chi connectivity index (χ2v) is 14.8. The smallest absolute Gasteiger partial charge is 0.262 e. The van der Waals surface area contributed by atoms with E-state index < -0.39 is 35.6 Å². The van der Waals surface area contributed by atoms with E-state index in [9.17, 15) is 32.8 Å². The van der Waals surface area contributed by atoms with Gasteiger partial charge in [0.25, 0.3) is 17.7 Å². The summed E-state index contributed by atoms with van der Waals surface area (Å²) in [6, 6.07) is 4.11. The van der Waals surface area contributed by atoms with Crippen molar-refractivity contribution in [2.24, 2.45) is 0 Å². The van der Waals surface area contributed by atoms with Gasteiger partial charge in [-0.2, -0.15) is 0 Å². The molecular weight excluding hydrogens is 654 g/mol. The second-order valence-electron chi connectivity index (χ2n) is 14.8. The molecular formula is C40H44F2N4O5. The predicted molar refractivity (Wildman–Crippen MR) is 185 cm³/mol. The van der Waals surface area contributed by atoms with Crippen molar-refractivity contribution in [1.82, 2.24) is 20.4 Å². The minimum absolute atomic E-state index is 0.0871. The van der Waals surface area contributed by atoms with Gasteiger partial charge < -0.3 is 15.5 Å². The van der Waals surface area contributed by atoms with E-state index in [1.165, 1.54) is 25.0 Å². The molecule has 2 N–H and O–H groups in total. The second kappa shape index (κ2) is 14.2. The molecule has 51 heavy (non-hydrogen) atoms. The van der Waals surface area contributed by atoms with Crippen LogP contribution in [0.4, 0.5) is 8.78 Å². The van der Waals surface area contributed by atoms with Crippen LogP contribution in [0, 0.1) is 11.6 Å². The number of nitrogens with zero attached hydrogens (tertiary/aromatic N) is 2. The minimum Gasteiger partial charge on any atom is -0.329 e. The zero-order valence-electron chi connectivity index (χ0n) is 28.8. The first-order chi connectivity index (χ1) is 24.5. The Morgan fingerprint density at radius 2 is 1.10 bits per heavy atom. The number of benzene rings is 2. The Morgan fingerprint density at radius 3 is 1.69 bits per heavy atom. The summed E-state index contributed by atoms with van der Waals surface area (Å²) in [4.78, 5) is 65.9. The lowest BCUT2D eigenvalue weighted by molar-refractivity contribution is -0.126. The third kappa shape index (κ3) is 6.63. The molecule has 0 bridgehead atoms. The molecule has 2 aromatic rings. The van der Waals surface area contributed by atoms with Crippen LogP contribution in [0.2, 0.25) is 0 Å². The lowest BCUT2D eigenvalue weighted by Gasteiger charge is -2.31. The van der Waals surface area contributed by atoms with Crippen LogP contribution in [-0.2, 0) is 16.1 Å². The average molecular weight is 699 g/mol. The molecule has 9 nitrogen and oxygen atoms in total. The number of hydrogen-bond donors (Lipinski definition) is 2. The van der Waals surface area contributed by atoms with Crippen molar-refractivity contribution in [2.75, 3.05) is 0 Å². The van der Waals surface area contributed by atoms with Gasteiger partial charge in [-0.05, 0) is 104 Å². The van der Waals surface area contributed by atoms with E-state index in [-0.39, 0.29) is 34.7 Å². The quantitative estimate of drug-likeness (QED) is 0.267. The Hall–Kier alpha value is -4.67. The third-order valence-electron chi connectivity index (χ3n) is 11.5. The molecule has 0 aromatic heterocycles. The number of carbonyl (C=O) groups is 5. The van der Waals surface area contributed by atoms with Gasteiger partial charge in [-0.15, -0.1) is 0 Å². The molecule has 4 aliphatic heterocycles. The van der Waals surface area contributed by atoms with Crippen molar-refractivity contribution in [2.45, 2.75) is 120 Å². The first-order valence-electron chi connectivity index (χ1n) is 18.3. The summed E-state index contributed by atoms with van der Waals surface area (Å²) >= 11 is 0. The molecule has 2 unspecified atom stereocenters. The van der Waals surface area contributed by atoms with Crippen LogP contribution < -0.4 is 10.6 Å². The summed E-state index contributed by atoms with van der Waals surface area (Å²) in [5.74, 6) is -2.31. The molecule has 0 spiro atoms. The number of nitrogens with one attached hydrogen (secondary N) is 2. The Kier molecular flexibility index (Phi) is 9.65. The van der Waals surface area contributed by atoms with Crippen LogP contribution in [0.25, 0.3) is 0 Å². The van der Waals surface area contributed by atoms with Crippen molar-refractivity contribution in [3.8, 4) is 0 Å². The summed E-state index contributed by atoms with van der Waals surface area (Å²) in [5, 5.41) is 5.35. The number of amides is 5. The van der Waals surface area contributed by atoms with E-state index >= 15 is 0 Å². The maximum atomic E-state index is 14.3. The van der Waals surface area contributed by atoms with Crippen LogP contribution in [0.3, 0.4) is 0 Å². The number of imide groups is 1. The van der Waals surface area contributed by atoms with E-state index in [4.69, 9.17) is 0 Å². The number of allylic oxidation sites excluding steroid dienone is 2. The normalized spacial score (nSPS) is 24.2. The van der Waals surface area contributed by atoms with E-state index in [1.807, 2.05) is 0 Å². The molecule has 8 rings (SSSR count). The maximum absolute atomic E-state index is 14.3. The first kappa shape index (κ1) is 34.8. The number of fused-ring (bicyclic) bond motifs is 2. The van der Waals surface area contributed by atoms with Gasteiger partial charge in [0.1, 0.15) is 23.7 Å². The van der Waals surface area contributed by atoms with Crippen LogP contribution in [-0.4, -0.2) is 51.4 Å². The Bertz CT molecular complexity index is 1840. The van der Waals surface area contributed by atoms with Gasteiger partial charge in [0, 0.05) is 23.5 Å². The highest BCUT2D eigenvalue weighted by molar-refractivity contribution is 6.23. The van der Waals surface area contributed by atoms with Crippen molar-refractivity contribution in [3.63, 3.8) is 0 Å². The van der Waals surface area contributed by atoms with Gasteiger partial charge in [0.15, 0.2) is 0 Å². The summed E-state index contributed by atoms with van der Waals surface area (Å²) in [5.41, 5.74) is 4.63. The molecule has 11 heteroatoms. The number of carbonyl (C=O) groups excluding carboxylic acids is 5. The van der Waals surface area contributed by atoms with E-state index in [2.05, 4.69) is 23.8 Å². The van der Waals surface area contributed by atoms with Gasteiger partial charge in [0.05, 0.1) is 11.1 Å². The number of rotatable bonds is 4. The SMILES string of the molecule is C=C1CCC(N2C(=O)c3cc(F)cc(C4CCCC4)c3C2=O)C(=O)N1.C=C1CCC(N2Cc3c(cc(F)cc3C3CCCCCC3)C2=O)C(=O)N1. The molecule has 0 radical (unpaired) electrons. The Morgan fingerprint density at radius 1 is 0.588 bits per heavy atom. The average Bonchev–Trinajstić information content (AvgIpc) is 3.72. The monoisotopic (exact) mass is 698 g/mol. The summed E-state index contributed by atoms with van der Waals surface area (Å²) < 4.78 is 28.4. The summed E-state index contributed by atoms with van der Waals surface area (Å²) in [7, 11) is 0. The fourth-order valence-electron chi connectivity index (χ4n) is 8.92. The maximum Gasteiger partial charge on any atom is 0.262 e. The first-order valence-corrected chi connectivity index (χ1v) is 18.3. The van der Waals surface area contributed by atoms with Crippen molar-refractivity contribution >= 4 is 29.5 Å². The third-order valence-corrected chi connectivity index (χ3v) is 11.5. The number of halogens is 2. The minimum atomic E-state index is -0.864. The van der Waals surface area contributed by atoms with Gasteiger partial charge in [-0.25, -0.2) is 8.78 Å². The van der Waals surface area contributed by atoms with Crippen LogP contribution in [0.1, 0.15) is 149 Å². The highest BCUT2D eigenvalue weighted by atomic mass is 19.1. The van der Waals surface area contributed by atoms with Gasteiger partial charge >= 0.3 is 0 Å². The molecule has 6 aliphatic rings. The molecule has 2 saturated carbocycles. The molecule has 2 saturated heterocycles. The molecule has 2 aromatic carbocycles. The zero-order valence-corrected chi connectivity index (χ0v) is 28.8. The molecule has 5 amide bonds. The molecule has 4 heterocycles. The van der Waals surface area contributed by atoms with Crippen LogP contribution >= 0.6 is 0 Å². The van der Waals surface area contributed by atoms with E-state index in [0.29, 0.717) is 60.7 Å². The fraction of sp³-hybridized carbons (Fsp3) is 0.475. The Labute approximate surface area is 296 Å². The molecule has 2 aliphatic carbocycles. The topological polar surface area (TPSA) is 116 Å². The number of piperidine rings is 2. The van der Waals surface area contributed by atoms with E-state index in [0.717, 1.165) is 73.5 Å². The summed E-state index contributed by atoms with van der Waals surface area (Å²) in [6.45, 7) is 7.91. The van der Waals surface area contributed by atoms with Crippen LogP contribution in [0.15, 0.2) is 48.8 Å². The van der Waals surface area contributed by atoms with Crippen molar-refractivity contribution < 1.29 is 32.8 Å². The lowest BCUT2D eigenvalue weighted by Crippen LogP contribution is -2.51. The lowest BCUT2D eigenvalue weighted by atomic mass is 9.87. The number of hydrogen-bond acceptors (Lipinski definition) is 5. The molecule has 2 atom stereocenters. The standard InChI is InChI=1S/C21H25FN2O2.C19H19FN2O3/c1-13-8-9-19(20(25)23-13)24-12-18-16(14-6-4-2-3-5-7-14)10-15(22)11-17(18)21(24)26;1-10-6-7-15(17(23)21-10)22-18(24)14-9-12(20)8-13(16(14)19(22)25)11-4-2-3-5-11/h10-11,14,19H,1-9,12H2,(H,23,25);8-9,11,15H,1-7H2,(H,21,23). The molecule has 4 fully saturated rings. The highest BCUT2D eigenvalue weighted by Gasteiger charge is 2.46. The zero-order chi connectivity index (χ0) is 36.0.